The summed E-state index contributed by atoms with van der Waals surface area (Å²) in [5.74, 6) is 4.41. The Morgan fingerprint density at radius 3 is 2.58 bits per heavy atom. The maximum absolute atomic E-state index is 9.01. The zero-order valence-electron chi connectivity index (χ0n) is 15.6. The van der Waals surface area contributed by atoms with Crippen molar-refractivity contribution in [3.8, 4) is 6.07 Å². The van der Waals surface area contributed by atoms with Crippen LogP contribution in [0.4, 0.5) is 0 Å². The molecule has 0 amide bonds. The molecule has 7 atom stereocenters. The molecule has 4 aliphatic carbocycles. The summed E-state index contributed by atoms with van der Waals surface area (Å²) in [5, 5.41) is 9.01. The highest BCUT2D eigenvalue weighted by Gasteiger charge is 2.59. The molecule has 4 rings (SSSR count). The molecular weight excluding hydrogens is 290 g/mol. The Balaban J connectivity index is 1.60. The lowest BCUT2D eigenvalue weighted by Crippen LogP contribution is -2.52. The molecule has 0 aromatic carbocycles. The lowest BCUT2D eigenvalue weighted by molar-refractivity contribution is -0.101. The van der Waals surface area contributed by atoms with E-state index < -0.39 is 0 Å². The topological polar surface area (TPSA) is 23.8 Å². The fourth-order valence-electron chi connectivity index (χ4n) is 7.76. The molecule has 0 aromatic heterocycles. The molecule has 0 aromatic rings. The average molecular weight is 324 g/mol. The quantitative estimate of drug-likeness (QED) is 0.411. The van der Waals surface area contributed by atoms with Gasteiger partial charge >= 0.3 is 0 Å². The summed E-state index contributed by atoms with van der Waals surface area (Å²) in [4.78, 5) is 0. The van der Waals surface area contributed by atoms with Gasteiger partial charge in [-0.15, -0.1) is 6.58 Å². The largest absolute Gasteiger partial charge is 0.193 e. The molecule has 1 heteroatoms. The maximum Gasteiger partial charge on any atom is 0.0911 e. The van der Waals surface area contributed by atoms with Crippen molar-refractivity contribution in [2.45, 2.75) is 71.6 Å². The summed E-state index contributed by atoms with van der Waals surface area (Å²) in [6.07, 6.45) is 16.3. The maximum atomic E-state index is 9.01. The molecule has 4 saturated carbocycles. The van der Waals surface area contributed by atoms with Crippen LogP contribution in [-0.4, -0.2) is 0 Å². The molecule has 0 spiro atoms. The number of allylic oxidation sites excluding steroid dienone is 3. The molecule has 0 saturated heterocycles. The third-order valence-corrected chi connectivity index (χ3v) is 9.19. The fourth-order valence-corrected chi connectivity index (χ4v) is 7.76. The summed E-state index contributed by atoms with van der Waals surface area (Å²) >= 11 is 0. The van der Waals surface area contributed by atoms with E-state index >= 15 is 0 Å². The van der Waals surface area contributed by atoms with Crippen LogP contribution in [0.1, 0.15) is 71.6 Å². The van der Waals surface area contributed by atoms with E-state index in [4.69, 9.17) is 5.26 Å². The Morgan fingerprint density at radius 1 is 1.04 bits per heavy atom. The number of nitriles is 1. The molecule has 1 unspecified atom stereocenters. The molecule has 0 bridgehead atoms. The van der Waals surface area contributed by atoms with E-state index in [1.807, 2.05) is 6.08 Å². The minimum absolute atomic E-state index is 0.531. The van der Waals surface area contributed by atoms with Crippen LogP contribution >= 0.6 is 0 Å². The Bertz CT molecular complexity index is 596. The molecule has 0 heterocycles. The lowest BCUT2D eigenvalue weighted by atomic mass is 9.44. The van der Waals surface area contributed by atoms with E-state index in [1.54, 1.807) is 0 Å². The van der Waals surface area contributed by atoms with Gasteiger partial charge in [-0.3, -0.25) is 0 Å². The number of nitrogens with zero attached hydrogens (tertiary/aromatic N) is 1. The van der Waals surface area contributed by atoms with Crippen LogP contribution in [0.25, 0.3) is 0 Å². The Kier molecular flexibility index (Phi) is 3.94. The van der Waals surface area contributed by atoms with Gasteiger partial charge in [0.25, 0.3) is 0 Å². The molecule has 24 heavy (non-hydrogen) atoms. The first-order valence-corrected chi connectivity index (χ1v) is 10.2. The summed E-state index contributed by atoms with van der Waals surface area (Å²) < 4.78 is 0. The van der Waals surface area contributed by atoms with Crippen LogP contribution in [0.2, 0.25) is 0 Å². The van der Waals surface area contributed by atoms with Crippen LogP contribution in [0.3, 0.4) is 0 Å². The molecule has 1 nitrogen and oxygen atoms in total. The molecule has 4 aliphatic rings. The summed E-state index contributed by atoms with van der Waals surface area (Å²) in [6, 6.07) is 2.28. The summed E-state index contributed by atoms with van der Waals surface area (Å²) in [7, 11) is 0. The zero-order chi connectivity index (χ0) is 16.9. The molecule has 4 fully saturated rings. The first kappa shape index (κ1) is 16.4. The molecule has 0 aliphatic heterocycles. The number of hydrogen-bond acceptors (Lipinski definition) is 1. The highest BCUT2D eigenvalue weighted by atomic mass is 14.6. The average Bonchev–Trinajstić information content (AvgIpc) is 2.92. The molecule has 0 radical (unpaired) electrons. The van der Waals surface area contributed by atoms with Crippen molar-refractivity contribution in [2.75, 3.05) is 0 Å². The first-order chi connectivity index (χ1) is 11.5. The van der Waals surface area contributed by atoms with E-state index in [9.17, 15) is 0 Å². The van der Waals surface area contributed by atoms with Crippen LogP contribution in [0.15, 0.2) is 24.3 Å². The van der Waals surface area contributed by atoms with E-state index in [2.05, 4.69) is 32.6 Å². The smallest absolute Gasteiger partial charge is 0.0911 e. The van der Waals surface area contributed by atoms with Gasteiger partial charge in [0.2, 0.25) is 0 Å². The van der Waals surface area contributed by atoms with Gasteiger partial charge in [0, 0.05) is 6.08 Å². The van der Waals surface area contributed by atoms with Crippen molar-refractivity contribution in [1.82, 2.24) is 0 Å². The first-order valence-electron chi connectivity index (χ1n) is 10.2. The van der Waals surface area contributed by atoms with Gasteiger partial charge in [-0.05, 0) is 98.2 Å². The van der Waals surface area contributed by atoms with E-state index in [-0.39, 0.29) is 0 Å². The second kappa shape index (κ2) is 5.76. The summed E-state index contributed by atoms with van der Waals surface area (Å²) in [5.41, 5.74) is 2.49. The van der Waals surface area contributed by atoms with Gasteiger partial charge in [-0.25, -0.2) is 0 Å². The minimum Gasteiger partial charge on any atom is -0.193 e. The van der Waals surface area contributed by atoms with E-state index in [1.165, 1.54) is 63.4 Å². The molecule has 130 valence electrons. The van der Waals surface area contributed by atoms with Crippen molar-refractivity contribution in [3.63, 3.8) is 0 Å². The number of rotatable bonds is 1. The van der Waals surface area contributed by atoms with Crippen molar-refractivity contribution >= 4 is 0 Å². The van der Waals surface area contributed by atoms with Gasteiger partial charge in [0.05, 0.1) is 6.07 Å². The van der Waals surface area contributed by atoms with Gasteiger partial charge in [-0.2, -0.15) is 5.26 Å². The zero-order valence-corrected chi connectivity index (χ0v) is 15.6. The molecule has 0 N–H and O–H groups in total. The second-order valence-electron chi connectivity index (χ2n) is 9.76. The van der Waals surface area contributed by atoms with Crippen molar-refractivity contribution in [1.29, 1.82) is 5.26 Å². The number of hydrogen-bond donors (Lipinski definition) is 0. The molecular formula is C23H33N. The standard InChI is InChI=1S/C23H33N/c1-4-17-6-8-20-19-7-5-18-15-16(11-14-24)9-12-23(18,3)21(19)10-13-22(17,20)2/h4,11,17-21H,1,5-10,12-13,15H2,2-3H3/t17-,18?,19-,20-,21-,22+,23-/m0/s1. The Morgan fingerprint density at radius 2 is 1.83 bits per heavy atom. The second-order valence-corrected chi connectivity index (χ2v) is 9.76. The Labute approximate surface area is 148 Å². The predicted molar refractivity (Wildman–Crippen MR) is 99.1 cm³/mol. The minimum atomic E-state index is 0.531. The van der Waals surface area contributed by atoms with Crippen molar-refractivity contribution in [2.24, 2.45) is 40.4 Å². The summed E-state index contributed by atoms with van der Waals surface area (Å²) in [6.45, 7) is 9.35. The lowest BCUT2D eigenvalue weighted by Gasteiger charge is -2.60. The van der Waals surface area contributed by atoms with Crippen LogP contribution in [0.5, 0.6) is 0 Å². The van der Waals surface area contributed by atoms with Gasteiger partial charge < -0.3 is 0 Å². The van der Waals surface area contributed by atoms with Crippen LogP contribution in [0, 0.1) is 51.8 Å². The van der Waals surface area contributed by atoms with Gasteiger partial charge in [-0.1, -0.05) is 25.5 Å². The normalized spacial score (nSPS) is 52.0. The van der Waals surface area contributed by atoms with Crippen molar-refractivity contribution < 1.29 is 0 Å². The highest BCUT2D eigenvalue weighted by molar-refractivity contribution is 5.20. The highest BCUT2D eigenvalue weighted by Crippen LogP contribution is 2.67. The van der Waals surface area contributed by atoms with Gasteiger partial charge in [0.1, 0.15) is 0 Å². The number of fused-ring (bicyclic) bond motifs is 5. The third kappa shape index (κ3) is 2.18. The van der Waals surface area contributed by atoms with E-state index in [0.29, 0.717) is 10.8 Å². The van der Waals surface area contributed by atoms with Gasteiger partial charge in [0.15, 0.2) is 0 Å². The van der Waals surface area contributed by atoms with Crippen LogP contribution in [-0.2, 0) is 0 Å². The fraction of sp³-hybridized carbons (Fsp3) is 0.783. The Hall–Kier alpha value is -1.03. The van der Waals surface area contributed by atoms with Crippen LogP contribution < -0.4 is 0 Å². The SMILES string of the molecule is C=C[C@H]1CC[C@H]2[C@@H]3CCC4CC(=CC#N)CC[C@]4(C)[C@H]3CC[C@]12C. The monoisotopic (exact) mass is 323 g/mol. The van der Waals surface area contributed by atoms with E-state index in [0.717, 1.165) is 29.6 Å². The third-order valence-electron chi connectivity index (χ3n) is 9.19. The van der Waals surface area contributed by atoms with Crippen molar-refractivity contribution in [3.05, 3.63) is 24.3 Å². The predicted octanol–water partition coefficient (Wildman–Crippen LogP) is 6.28.